The molecule has 11 heteroatoms. The van der Waals surface area contributed by atoms with Crippen molar-refractivity contribution in [3.63, 3.8) is 0 Å². The second-order valence-electron chi connectivity index (χ2n) is 11.0. The number of carbonyl (C=O) groups is 1. The Morgan fingerprint density at radius 3 is 2.54 bits per heavy atom. The van der Waals surface area contributed by atoms with Crippen molar-refractivity contribution in [2.75, 3.05) is 30.9 Å². The molecule has 0 unspecified atom stereocenters. The van der Waals surface area contributed by atoms with Gasteiger partial charge in [0.05, 0.1) is 41.7 Å². The summed E-state index contributed by atoms with van der Waals surface area (Å²) < 4.78 is 39.6. The van der Waals surface area contributed by atoms with Gasteiger partial charge < -0.3 is 18.7 Å². The monoisotopic (exact) mass is 577 g/mol. The molecule has 0 radical (unpaired) electrons. The van der Waals surface area contributed by atoms with Gasteiger partial charge in [0.15, 0.2) is 0 Å². The summed E-state index contributed by atoms with van der Waals surface area (Å²) in [4.78, 5) is 20.3. The minimum atomic E-state index is -3.33. The van der Waals surface area contributed by atoms with E-state index in [4.69, 9.17) is 14.2 Å². The third-order valence-corrected chi connectivity index (χ3v) is 9.37. The number of sulfonamides is 1. The summed E-state index contributed by atoms with van der Waals surface area (Å²) in [5.74, 6) is 2.31. The first-order valence-corrected chi connectivity index (χ1v) is 16.0. The first-order chi connectivity index (χ1) is 19.7. The molecule has 2 aliphatic heterocycles. The van der Waals surface area contributed by atoms with Crippen LogP contribution in [-0.4, -0.2) is 59.3 Å². The number of ether oxygens (including phenoxy) is 1. The lowest BCUT2D eigenvalue weighted by Crippen LogP contribution is -2.31. The molecule has 2 atom stereocenters. The number of imidazole rings is 1. The number of rotatable bonds is 8. The lowest BCUT2D eigenvalue weighted by atomic mass is 10.0. The predicted molar refractivity (Wildman–Crippen MR) is 156 cm³/mol. The second-order valence-corrected chi connectivity index (χ2v) is 12.9. The van der Waals surface area contributed by atoms with Gasteiger partial charge in [-0.1, -0.05) is 18.1 Å². The maximum Gasteiger partial charge on any atom is 0.227 e. The topological polar surface area (TPSA) is 111 Å². The zero-order valence-electron chi connectivity index (χ0n) is 23.8. The Labute approximate surface area is 239 Å². The van der Waals surface area contributed by atoms with Crippen LogP contribution in [0.1, 0.15) is 62.0 Å². The van der Waals surface area contributed by atoms with Crippen LogP contribution in [0.5, 0.6) is 5.75 Å². The van der Waals surface area contributed by atoms with E-state index < -0.39 is 10.0 Å². The molecule has 1 amide bonds. The fraction of sp³-hybridized carbons (Fsp3) is 0.433. The van der Waals surface area contributed by atoms with Crippen molar-refractivity contribution in [1.29, 1.82) is 0 Å². The molecule has 0 N–H and O–H groups in total. The highest BCUT2D eigenvalue weighted by Gasteiger charge is 2.39. The van der Waals surface area contributed by atoms with Crippen LogP contribution >= 0.6 is 0 Å². The molecule has 0 bridgehead atoms. The maximum absolute atomic E-state index is 13.3. The fourth-order valence-corrected chi connectivity index (χ4v) is 7.06. The summed E-state index contributed by atoms with van der Waals surface area (Å²) in [7, 11) is -3.33. The summed E-state index contributed by atoms with van der Waals surface area (Å²) in [6, 6.07) is 13.4. The third kappa shape index (κ3) is 5.01. The van der Waals surface area contributed by atoms with Crippen LogP contribution in [0.15, 0.2) is 47.0 Å². The smallest absolute Gasteiger partial charge is 0.227 e. The number of benzene rings is 2. The van der Waals surface area contributed by atoms with Gasteiger partial charge in [0.1, 0.15) is 17.3 Å². The minimum absolute atomic E-state index is 0.0384. The van der Waals surface area contributed by atoms with Crippen LogP contribution in [0.3, 0.4) is 0 Å². The van der Waals surface area contributed by atoms with Gasteiger partial charge in [0, 0.05) is 30.8 Å². The van der Waals surface area contributed by atoms with E-state index in [0.29, 0.717) is 39.0 Å². The molecule has 0 saturated carbocycles. The summed E-state index contributed by atoms with van der Waals surface area (Å²) >= 11 is 0. The number of fused-ring (bicyclic) bond motifs is 1. The van der Waals surface area contributed by atoms with Gasteiger partial charge in [-0.3, -0.25) is 4.79 Å². The van der Waals surface area contributed by atoms with Crippen LogP contribution in [0, 0.1) is 13.8 Å². The van der Waals surface area contributed by atoms with Gasteiger partial charge in [-0.2, -0.15) is 0 Å². The molecule has 6 rings (SSSR count). The number of carbonyl (C=O) groups excluding carboxylic acids is 1. The Balaban J connectivity index is 1.45. The number of aromatic nitrogens is 3. The van der Waals surface area contributed by atoms with Crippen LogP contribution < -0.4 is 9.64 Å². The highest BCUT2D eigenvalue weighted by molar-refractivity contribution is 7.88. The van der Waals surface area contributed by atoms with E-state index in [9.17, 15) is 13.2 Å². The van der Waals surface area contributed by atoms with Crippen molar-refractivity contribution < 1.29 is 22.5 Å². The van der Waals surface area contributed by atoms with E-state index in [1.54, 1.807) is 0 Å². The van der Waals surface area contributed by atoms with Crippen LogP contribution in [0.2, 0.25) is 0 Å². The van der Waals surface area contributed by atoms with Gasteiger partial charge in [0.25, 0.3) is 0 Å². The molecule has 2 saturated heterocycles. The highest BCUT2D eigenvalue weighted by atomic mass is 32.2. The number of amides is 1. The molecular weight excluding hydrogens is 542 g/mol. The predicted octanol–water partition coefficient (Wildman–Crippen LogP) is 5.17. The molecule has 2 aromatic heterocycles. The molecule has 2 aromatic carbocycles. The standard InChI is InChI=1S/C30H35N5O5S/c1-5-16-39-24-9-7-22(8-10-24)34-27(12-13-28(34)36)30-31-25-17-21(29-19(2)32-40-20(29)3)6-11-26(25)35(30)23-14-15-33(18-23)41(4,37)38/h6-11,17,23,27H,5,12-16,18H2,1-4H3/t23-,27+/m1/s1. The van der Waals surface area contributed by atoms with Crippen LogP contribution in [0.25, 0.3) is 22.2 Å². The average Bonchev–Trinajstić information content (AvgIpc) is 3.72. The molecule has 10 nitrogen and oxygen atoms in total. The van der Waals surface area contributed by atoms with E-state index in [1.165, 1.54) is 10.6 Å². The van der Waals surface area contributed by atoms with Gasteiger partial charge in [-0.05, 0) is 75.1 Å². The van der Waals surface area contributed by atoms with Crippen molar-refractivity contribution in [3.8, 4) is 16.9 Å². The number of aryl methyl sites for hydroxylation is 2. The largest absolute Gasteiger partial charge is 0.494 e. The van der Waals surface area contributed by atoms with Crippen LogP contribution in [0.4, 0.5) is 5.69 Å². The summed E-state index contributed by atoms with van der Waals surface area (Å²) in [5.41, 5.74) is 5.20. The zero-order chi connectivity index (χ0) is 28.9. The number of hydrogen-bond donors (Lipinski definition) is 0. The highest BCUT2D eigenvalue weighted by Crippen LogP contribution is 2.41. The minimum Gasteiger partial charge on any atom is -0.494 e. The molecule has 216 valence electrons. The van der Waals surface area contributed by atoms with E-state index in [-0.39, 0.29) is 18.0 Å². The Kier molecular flexibility index (Phi) is 7.11. The van der Waals surface area contributed by atoms with Crippen molar-refractivity contribution in [3.05, 3.63) is 59.7 Å². The molecule has 0 spiro atoms. The number of anilines is 1. The lowest BCUT2D eigenvalue weighted by molar-refractivity contribution is -0.117. The van der Waals surface area contributed by atoms with Gasteiger partial charge in [0.2, 0.25) is 15.9 Å². The van der Waals surface area contributed by atoms with E-state index in [1.807, 2.05) is 61.2 Å². The van der Waals surface area contributed by atoms with Crippen LogP contribution in [-0.2, 0) is 14.8 Å². The Morgan fingerprint density at radius 1 is 1.10 bits per heavy atom. The zero-order valence-corrected chi connectivity index (χ0v) is 24.6. The number of nitrogens with zero attached hydrogens (tertiary/aromatic N) is 5. The van der Waals surface area contributed by atoms with Crippen molar-refractivity contribution in [2.24, 2.45) is 0 Å². The van der Waals surface area contributed by atoms with Crippen molar-refractivity contribution in [1.82, 2.24) is 19.0 Å². The van der Waals surface area contributed by atoms with Crippen molar-refractivity contribution >= 4 is 32.7 Å². The van der Waals surface area contributed by atoms with Gasteiger partial charge >= 0.3 is 0 Å². The van der Waals surface area contributed by atoms with E-state index in [2.05, 4.69) is 16.6 Å². The SMILES string of the molecule is CCCOc1ccc(N2C(=O)CC[C@H]2c2nc3cc(-c4c(C)noc4C)ccc3n2[C@@H]2CCN(S(C)(=O)=O)C2)cc1. The van der Waals surface area contributed by atoms with Crippen molar-refractivity contribution in [2.45, 2.75) is 58.5 Å². The molecular formula is C30H35N5O5S. The van der Waals surface area contributed by atoms with E-state index in [0.717, 1.165) is 57.3 Å². The Bertz CT molecular complexity index is 1690. The molecule has 4 heterocycles. The third-order valence-electron chi connectivity index (χ3n) is 8.10. The average molecular weight is 578 g/mol. The summed E-state index contributed by atoms with van der Waals surface area (Å²) in [6.07, 6.45) is 3.87. The summed E-state index contributed by atoms with van der Waals surface area (Å²) in [5, 5.41) is 4.11. The van der Waals surface area contributed by atoms with E-state index >= 15 is 0 Å². The normalized spacial score (nSPS) is 20.0. The summed E-state index contributed by atoms with van der Waals surface area (Å²) in [6.45, 7) is 7.32. The van der Waals surface area contributed by atoms with Gasteiger partial charge in [-0.15, -0.1) is 0 Å². The molecule has 0 aliphatic carbocycles. The first-order valence-electron chi connectivity index (χ1n) is 14.1. The molecule has 4 aromatic rings. The lowest BCUT2D eigenvalue weighted by Gasteiger charge is -2.27. The number of hydrogen-bond acceptors (Lipinski definition) is 7. The Morgan fingerprint density at radius 2 is 1.88 bits per heavy atom. The fourth-order valence-electron chi connectivity index (χ4n) is 6.18. The first kappa shape index (κ1) is 27.5. The van der Waals surface area contributed by atoms with Gasteiger partial charge in [-0.25, -0.2) is 17.7 Å². The Hall–Kier alpha value is -3.70. The second kappa shape index (κ2) is 10.6. The maximum atomic E-state index is 13.3. The molecule has 2 aliphatic rings. The molecule has 41 heavy (non-hydrogen) atoms. The molecule has 2 fully saturated rings. The quantitative estimate of drug-likeness (QED) is 0.284.